The fraction of sp³-hybridized carbons (Fsp3) is 0.471. The van der Waals surface area contributed by atoms with Gasteiger partial charge in [0.05, 0.1) is 10.8 Å². The quantitative estimate of drug-likeness (QED) is 0.637. The molecular weight excluding hydrogens is 338 g/mol. The largest absolute Gasteiger partial charge is 0.376 e. The van der Waals surface area contributed by atoms with Crippen molar-refractivity contribution in [2.75, 3.05) is 24.5 Å². The number of carbonyl (C=O) groups excluding carboxylic acids is 1. The van der Waals surface area contributed by atoms with Crippen molar-refractivity contribution >= 4 is 23.1 Å². The van der Waals surface area contributed by atoms with Crippen LogP contribution in [0.3, 0.4) is 0 Å². The first-order valence-electron chi connectivity index (χ1n) is 8.71. The summed E-state index contributed by atoms with van der Waals surface area (Å²) in [6.45, 7) is 3.41. The number of aromatic nitrogens is 2. The van der Waals surface area contributed by atoms with Gasteiger partial charge in [0.15, 0.2) is 0 Å². The topological polar surface area (TPSA) is 110 Å². The molecule has 0 aromatic carbocycles. The lowest BCUT2D eigenvalue weighted by atomic mass is 9.97. The number of amides is 1. The maximum Gasteiger partial charge on any atom is 0.376 e. The number of rotatable bonds is 5. The van der Waals surface area contributed by atoms with E-state index in [0.717, 1.165) is 10.8 Å². The van der Waals surface area contributed by atoms with Gasteiger partial charge in [-0.3, -0.25) is 24.1 Å². The van der Waals surface area contributed by atoms with Crippen molar-refractivity contribution in [3.8, 4) is 0 Å². The van der Waals surface area contributed by atoms with E-state index in [1.807, 2.05) is 6.92 Å². The summed E-state index contributed by atoms with van der Waals surface area (Å²) in [4.78, 5) is 41.7. The first-order valence-corrected chi connectivity index (χ1v) is 8.71. The summed E-state index contributed by atoms with van der Waals surface area (Å²) in [5.74, 6) is -0.290. The summed E-state index contributed by atoms with van der Waals surface area (Å²) in [5.41, 5.74) is -0.924. The Balaban J connectivity index is 1.98. The predicted octanol–water partition coefficient (Wildman–Crippen LogP) is 1.35. The van der Waals surface area contributed by atoms with Crippen molar-refractivity contribution in [1.29, 1.82) is 0 Å². The number of nitro groups is 1. The maximum atomic E-state index is 12.6. The molecule has 1 aliphatic heterocycles. The van der Waals surface area contributed by atoms with Gasteiger partial charge in [-0.05, 0) is 31.4 Å². The molecule has 1 saturated heterocycles. The molecule has 1 N–H and O–H groups in total. The minimum absolute atomic E-state index is 0.0409. The van der Waals surface area contributed by atoms with Crippen LogP contribution in [0.2, 0.25) is 0 Å². The molecule has 26 heavy (non-hydrogen) atoms. The van der Waals surface area contributed by atoms with Gasteiger partial charge in [-0.25, -0.2) is 4.98 Å². The van der Waals surface area contributed by atoms with Gasteiger partial charge in [0.1, 0.15) is 5.65 Å². The van der Waals surface area contributed by atoms with Crippen LogP contribution in [-0.4, -0.2) is 39.8 Å². The average molecular weight is 359 g/mol. The van der Waals surface area contributed by atoms with Crippen molar-refractivity contribution < 1.29 is 9.72 Å². The lowest BCUT2D eigenvalue weighted by Gasteiger charge is -2.32. The summed E-state index contributed by atoms with van der Waals surface area (Å²) in [6, 6.07) is 4.97. The molecule has 1 amide bonds. The molecule has 0 spiro atoms. The molecule has 0 aliphatic carbocycles. The highest BCUT2D eigenvalue weighted by Gasteiger charge is 2.32. The van der Waals surface area contributed by atoms with Crippen molar-refractivity contribution in [3.05, 3.63) is 44.9 Å². The van der Waals surface area contributed by atoms with Crippen LogP contribution in [0, 0.1) is 16.0 Å². The van der Waals surface area contributed by atoms with Crippen molar-refractivity contribution in [2.45, 2.75) is 26.2 Å². The van der Waals surface area contributed by atoms with Gasteiger partial charge < -0.3 is 10.2 Å². The molecular formula is C17H21N5O4. The maximum absolute atomic E-state index is 12.6. The van der Waals surface area contributed by atoms with Gasteiger partial charge in [-0.2, -0.15) is 0 Å². The standard InChI is InChI=1S/C17H21N5O4/c1-2-8-18-16(23)12-6-5-9-20(11-12)15-14(22(25)26)17(24)21-10-4-3-7-13(21)19-15/h3-4,7,10,12H,2,5-6,8-9,11H2,1H3,(H,18,23). The number of piperidine rings is 1. The molecule has 9 nitrogen and oxygen atoms in total. The Morgan fingerprint density at radius 2 is 2.27 bits per heavy atom. The lowest BCUT2D eigenvalue weighted by molar-refractivity contribution is -0.385. The van der Waals surface area contributed by atoms with Crippen LogP contribution in [-0.2, 0) is 4.79 Å². The Bertz CT molecular complexity index is 894. The summed E-state index contributed by atoms with van der Waals surface area (Å²) in [6.07, 6.45) is 3.72. The highest BCUT2D eigenvalue weighted by molar-refractivity contribution is 5.79. The molecule has 3 heterocycles. The molecule has 138 valence electrons. The van der Waals surface area contributed by atoms with Crippen LogP contribution in [0.5, 0.6) is 0 Å². The van der Waals surface area contributed by atoms with Crippen molar-refractivity contribution in [1.82, 2.24) is 14.7 Å². The fourth-order valence-electron chi connectivity index (χ4n) is 3.22. The summed E-state index contributed by atoms with van der Waals surface area (Å²) in [7, 11) is 0. The summed E-state index contributed by atoms with van der Waals surface area (Å²) in [5, 5.41) is 14.4. The number of hydrogen-bond donors (Lipinski definition) is 1. The third-order valence-electron chi connectivity index (χ3n) is 4.52. The Kier molecular flexibility index (Phi) is 5.15. The van der Waals surface area contributed by atoms with Gasteiger partial charge >= 0.3 is 11.2 Å². The van der Waals surface area contributed by atoms with E-state index in [-0.39, 0.29) is 17.6 Å². The highest BCUT2D eigenvalue weighted by Crippen LogP contribution is 2.28. The van der Waals surface area contributed by atoms with Crippen LogP contribution in [0.1, 0.15) is 26.2 Å². The molecule has 1 atom stereocenters. The zero-order valence-corrected chi connectivity index (χ0v) is 14.6. The smallest absolute Gasteiger partial charge is 0.356 e. The molecule has 0 saturated carbocycles. The Morgan fingerprint density at radius 1 is 1.46 bits per heavy atom. The normalized spacial score (nSPS) is 17.3. The van der Waals surface area contributed by atoms with Crippen LogP contribution < -0.4 is 15.8 Å². The molecule has 0 bridgehead atoms. The van der Waals surface area contributed by atoms with Crippen LogP contribution >= 0.6 is 0 Å². The number of nitrogens with zero attached hydrogens (tertiary/aromatic N) is 4. The monoisotopic (exact) mass is 359 g/mol. The zero-order valence-electron chi connectivity index (χ0n) is 14.6. The third kappa shape index (κ3) is 3.37. The van der Waals surface area contributed by atoms with E-state index in [9.17, 15) is 19.7 Å². The first kappa shape index (κ1) is 17.8. The number of carbonyl (C=O) groups is 1. The molecule has 1 fully saturated rings. The van der Waals surface area contributed by atoms with E-state index in [2.05, 4.69) is 10.3 Å². The van der Waals surface area contributed by atoms with Crippen molar-refractivity contribution in [2.24, 2.45) is 5.92 Å². The molecule has 2 aromatic heterocycles. The average Bonchev–Trinajstić information content (AvgIpc) is 2.65. The van der Waals surface area contributed by atoms with Gasteiger partial charge in [0, 0.05) is 25.8 Å². The van der Waals surface area contributed by atoms with Crippen LogP contribution in [0.4, 0.5) is 11.5 Å². The minimum atomic E-state index is -0.715. The van der Waals surface area contributed by atoms with Crippen LogP contribution in [0.25, 0.3) is 5.65 Å². The van der Waals surface area contributed by atoms with Gasteiger partial charge in [-0.15, -0.1) is 0 Å². The van der Waals surface area contributed by atoms with E-state index < -0.39 is 16.2 Å². The second-order valence-electron chi connectivity index (χ2n) is 6.35. The summed E-state index contributed by atoms with van der Waals surface area (Å²) >= 11 is 0. The lowest BCUT2D eigenvalue weighted by Crippen LogP contribution is -2.44. The number of fused-ring (bicyclic) bond motifs is 1. The van der Waals surface area contributed by atoms with E-state index in [4.69, 9.17) is 0 Å². The number of pyridine rings is 1. The second kappa shape index (κ2) is 7.51. The SMILES string of the molecule is CCCNC(=O)C1CCCN(c2nc3ccccn3c(=O)c2[N+](=O)[O-])C1. The molecule has 1 unspecified atom stereocenters. The number of nitrogens with one attached hydrogen (secondary N) is 1. The molecule has 3 rings (SSSR count). The van der Waals surface area contributed by atoms with Gasteiger partial charge in [0.25, 0.3) is 0 Å². The minimum Gasteiger partial charge on any atom is -0.356 e. The highest BCUT2D eigenvalue weighted by atomic mass is 16.6. The molecule has 2 aromatic rings. The van der Waals surface area contributed by atoms with Gasteiger partial charge in [-0.1, -0.05) is 13.0 Å². The fourth-order valence-corrected chi connectivity index (χ4v) is 3.22. The number of anilines is 1. The Labute approximate surface area is 149 Å². The van der Waals surface area contributed by atoms with Crippen molar-refractivity contribution in [3.63, 3.8) is 0 Å². The van der Waals surface area contributed by atoms with E-state index in [1.54, 1.807) is 23.1 Å². The van der Waals surface area contributed by atoms with Crippen LogP contribution in [0.15, 0.2) is 29.2 Å². The molecule has 1 aliphatic rings. The Hall–Kier alpha value is -2.97. The summed E-state index contributed by atoms with van der Waals surface area (Å²) < 4.78 is 1.16. The first-order chi connectivity index (χ1) is 12.5. The molecule has 9 heteroatoms. The predicted molar refractivity (Wildman–Crippen MR) is 96.4 cm³/mol. The van der Waals surface area contributed by atoms with E-state index >= 15 is 0 Å². The van der Waals surface area contributed by atoms with E-state index in [0.29, 0.717) is 38.1 Å². The second-order valence-corrected chi connectivity index (χ2v) is 6.35. The zero-order chi connectivity index (χ0) is 18.7. The molecule has 0 radical (unpaired) electrons. The van der Waals surface area contributed by atoms with E-state index in [1.165, 1.54) is 6.20 Å². The third-order valence-corrected chi connectivity index (χ3v) is 4.52. The number of hydrogen-bond acceptors (Lipinski definition) is 6. The van der Waals surface area contributed by atoms with Gasteiger partial charge in [0.2, 0.25) is 11.7 Å². The Morgan fingerprint density at radius 3 is 3.00 bits per heavy atom.